The number of benzene rings is 1. The summed E-state index contributed by atoms with van der Waals surface area (Å²) in [6.45, 7) is 6.63. The van der Waals surface area contributed by atoms with E-state index in [0.717, 1.165) is 0 Å². The molecule has 0 saturated carbocycles. The zero-order chi connectivity index (χ0) is 14.4. The lowest BCUT2D eigenvalue weighted by Gasteiger charge is -2.15. The number of carbonyl (C=O) groups is 2. The van der Waals surface area contributed by atoms with E-state index in [9.17, 15) is 14.7 Å². The summed E-state index contributed by atoms with van der Waals surface area (Å²) in [7, 11) is 0. The van der Waals surface area contributed by atoms with Crippen LogP contribution >= 0.6 is 0 Å². The Kier molecular flexibility index (Phi) is 5.11. The molecular weight excluding hydrogens is 248 g/mol. The maximum atomic E-state index is 11.8. The monoisotopic (exact) mass is 264 g/mol. The molecule has 0 radical (unpaired) electrons. The molecule has 5 nitrogen and oxygen atoms in total. The van der Waals surface area contributed by atoms with Crippen LogP contribution in [0.4, 0.5) is 0 Å². The molecule has 0 spiro atoms. The van der Waals surface area contributed by atoms with Gasteiger partial charge in [0.05, 0.1) is 0 Å². The molecule has 1 unspecified atom stereocenters. The van der Waals surface area contributed by atoms with Crippen molar-refractivity contribution in [1.82, 2.24) is 0 Å². The number of hydrogen-bond acceptors (Lipinski definition) is 5. The van der Waals surface area contributed by atoms with Gasteiger partial charge in [0.2, 0.25) is 0 Å². The summed E-state index contributed by atoms with van der Waals surface area (Å²) < 4.78 is 9.97. The summed E-state index contributed by atoms with van der Waals surface area (Å²) in [5, 5.41) is 9.25. The average Bonchev–Trinajstić information content (AvgIpc) is 2.35. The second kappa shape index (κ2) is 6.58. The number of esters is 2. The molecule has 1 N–H and O–H groups in total. The second-order valence-corrected chi connectivity index (χ2v) is 4.00. The number of phenolic OH excluding ortho intramolecular Hbond substituents is 1. The van der Waals surface area contributed by atoms with E-state index < -0.39 is 18.0 Å². The number of hydrogen-bond donors (Lipinski definition) is 1. The van der Waals surface area contributed by atoms with Crippen molar-refractivity contribution < 1.29 is 24.2 Å². The van der Waals surface area contributed by atoms with Gasteiger partial charge in [-0.15, -0.1) is 0 Å². The molecular formula is C14H16O5. The molecule has 1 aromatic carbocycles. The van der Waals surface area contributed by atoms with Crippen molar-refractivity contribution in [2.24, 2.45) is 0 Å². The van der Waals surface area contributed by atoms with E-state index in [0.29, 0.717) is 0 Å². The highest BCUT2D eigenvalue weighted by Gasteiger charge is 2.23. The van der Waals surface area contributed by atoms with Crippen molar-refractivity contribution in [2.75, 3.05) is 0 Å². The summed E-state index contributed by atoms with van der Waals surface area (Å²) in [5.41, 5.74) is 0.212. The van der Waals surface area contributed by atoms with Gasteiger partial charge >= 0.3 is 11.9 Å². The first kappa shape index (κ1) is 14.8. The Morgan fingerprint density at radius 3 is 2.63 bits per heavy atom. The molecule has 102 valence electrons. The van der Waals surface area contributed by atoms with E-state index in [2.05, 4.69) is 6.58 Å². The highest BCUT2D eigenvalue weighted by molar-refractivity contribution is 5.89. The SMILES string of the molecule is C=C(C)C(=O)OC(CC)C(=O)Oc1cccc(O)c1. The molecule has 1 atom stereocenters. The topological polar surface area (TPSA) is 72.8 Å². The molecule has 0 aliphatic rings. The van der Waals surface area contributed by atoms with Crippen molar-refractivity contribution in [3.8, 4) is 11.5 Å². The zero-order valence-corrected chi connectivity index (χ0v) is 10.9. The standard InChI is InChI=1S/C14H16O5/c1-4-12(19-13(16)9(2)3)14(17)18-11-7-5-6-10(15)8-11/h5-8,12,15H,2,4H2,1,3H3. The van der Waals surface area contributed by atoms with Crippen molar-refractivity contribution in [2.45, 2.75) is 26.4 Å². The Morgan fingerprint density at radius 2 is 2.11 bits per heavy atom. The molecule has 0 aromatic heterocycles. The fourth-order valence-electron chi connectivity index (χ4n) is 1.26. The van der Waals surface area contributed by atoms with Crippen LogP contribution in [-0.4, -0.2) is 23.1 Å². The molecule has 0 aliphatic heterocycles. The minimum absolute atomic E-state index is 0.0164. The van der Waals surface area contributed by atoms with Gasteiger partial charge in [0, 0.05) is 11.6 Å². The Morgan fingerprint density at radius 1 is 1.42 bits per heavy atom. The van der Waals surface area contributed by atoms with Crippen LogP contribution in [0.15, 0.2) is 36.4 Å². The summed E-state index contributed by atoms with van der Waals surface area (Å²) in [4.78, 5) is 23.2. The van der Waals surface area contributed by atoms with Gasteiger partial charge in [-0.3, -0.25) is 0 Å². The van der Waals surface area contributed by atoms with Gasteiger partial charge in [-0.05, 0) is 25.5 Å². The predicted molar refractivity (Wildman–Crippen MR) is 68.7 cm³/mol. The Hall–Kier alpha value is -2.30. The molecule has 0 bridgehead atoms. The van der Waals surface area contributed by atoms with Crippen molar-refractivity contribution >= 4 is 11.9 Å². The Labute approximate surface area is 111 Å². The third-order valence-electron chi connectivity index (χ3n) is 2.27. The van der Waals surface area contributed by atoms with Crippen LogP contribution in [0.2, 0.25) is 0 Å². The fourth-order valence-corrected chi connectivity index (χ4v) is 1.26. The summed E-state index contributed by atoms with van der Waals surface area (Å²) >= 11 is 0. The van der Waals surface area contributed by atoms with Gasteiger partial charge in [-0.2, -0.15) is 0 Å². The van der Waals surface area contributed by atoms with Crippen LogP contribution in [0, 0.1) is 0 Å². The predicted octanol–water partition coefficient (Wildman–Crippen LogP) is 2.20. The molecule has 19 heavy (non-hydrogen) atoms. The van der Waals surface area contributed by atoms with E-state index in [1.165, 1.54) is 25.1 Å². The number of aromatic hydroxyl groups is 1. The number of carbonyl (C=O) groups excluding carboxylic acids is 2. The third kappa shape index (κ3) is 4.46. The van der Waals surface area contributed by atoms with Gasteiger partial charge in [-0.1, -0.05) is 19.6 Å². The van der Waals surface area contributed by atoms with Crippen LogP contribution in [0.25, 0.3) is 0 Å². The van der Waals surface area contributed by atoms with Gasteiger partial charge in [0.15, 0.2) is 6.10 Å². The van der Waals surface area contributed by atoms with E-state index >= 15 is 0 Å². The highest BCUT2D eigenvalue weighted by atomic mass is 16.6. The van der Waals surface area contributed by atoms with Gasteiger partial charge < -0.3 is 14.6 Å². The fraction of sp³-hybridized carbons (Fsp3) is 0.286. The van der Waals surface area contributed by atoms with E-state index in [-0.39, 0.29) is 23.5 Å². The van der Waals surface area contributed by atoms with Crippen molar-refractivity contribution in [3.63, 3.8) is 0 Å². The highest BCUT2D eigenvalue weighted by Crippen LogP contribution is 2.19. The Balaban J connectivity index is 2.69. The molecule has 0 heterocycles. The zero-order valence-electron chi connectivity index (χ0n) is 10.9. The average molecular weight is 264 g/mol. The molecule has 0 fully saturated rings. The molecule has 0 aliphatic carbocycles. The van der Waals surface area contributed by atoms with E-state index in [4.69, 9.17) is 9.47 Å². The second-order valence-electron chi connectivity index (χ2n) is 4.00. The largest absolute Gasteiger partial charge is 0.508 e. The Bertz CT molecular complexity index is 492. The third-order valence-corrected chi connectivity index (χ3v) is 2.27. The first-order valence-corrected chi connectivity index (χ1v) is 5.81. The van der Waals surface area contributed by atoms with Crippen LogP contribution in [0.5, 0.6) is 11.5 Å². The van der Waals surface area contributed by atoms with Gasteiger partial charge in [-0.25, -0.2) is 9.59 Å². The van der Waals surface area contributed by atoms with Gasteiger partial charge in [0.1, 0.15) is 11.5 Å². The van der Waals surface area contributed by atoms with Crippen LogP contribution in [0.1, 0.15) is 20.3 Å². The molecule has 0 saturated heterocycles. The van der Waals surface area contributed by atoms with Crippen LogP contribution in [-0.2, 0) is 14.3 Å². The van der Waals surface area contributed by atoms with Crippen LogP contribution < -0.4 is 4.74 Å². The molecule has 0 amide bonds. The lowest BCUT2D eigenvalue weighted by Crippen LogP contribution is -2.30. The minimum Gasteiger partial charge on any atom is -0.508 e. The number of phenols is 1. The normalized spacial score (nSPS) is 11.5. The smallest absolute Gasteiger partial charge is 0.352 e. The molecule has 5 heteroatoms. The van der Waals surface area contributed by atoms with Crippen LogP contribution in [0.3, 0.4) is 0 Å². The van der Waals surface area contributed by atoms with Crippen molar-refractivity contribution in [3.05, 3.63) is 36.4 Å². The first-order chi connectivity index (χ1) is 8.93. The summed E-state index contributed by atoms with van der Waals surface area (Å²) in [6, 6.07) is 5.81. The summed E-state index contributed by atoms with van der Waals surface area (Å²) in [5.74, 6) is -1.16. The maximum absolute atomic E-state index is 11.8. The quantitative estimate of drug-likeness (QED) is 0.501. The molecule has 1 aromatic rings. The van der Waals surface area contributed by atoms with E-state index in [1.54, 1.807) is 13.0 Å². The maximum Gasteiger partial charge on any atom is 0.352 e. The summed E-state index contributed by atoms with van der Waals surface area (Å²) in [6.07, 6.45) is -0.706. The number of ether oxygens (including phenoxy) is 2. The lowest BCUT2D eigenvalue weighted by atomic mass is 10.2. The minimum atomic E-state index is -0.994. The van der Waals surface area contributed by atoms with Gasteiger partial charge in [0.25, 0.3) is 0 Å². The molecule has 1 rings (SSSR count). The number of rotatable bonds is 5. The first-order valence-electron chi connectivity index (χ1n) is 5.81. The van der Waals surface area contributed by atoms with E-state index in [1.807, 2.05) is 0 Å². The van der Waals surface area contributed by atoms with Crippen molar-refractivity contribution in [1.29, 1.82) is 0 Å². The lowest BCUT2D eigenvalue weighted by molar-refractivity contribution is -0.159.